The van der Waals surface area contributed by atoms with Crippen molar-refractivity contribution in [2.24, 2.45) is 0 Å². The number of nitrogens with one attached hydrogen (secondary N) is 1. The molecule has 1 aliphatic rings. The zero-order valence-corrected chi connectivity index (χ0v) is 14.8. The molecule has 1 heterocycles. The molecule has 6 heteroatoms. The van der Waals surface area contributed by atoms with Gasteiger partial charge in [0.1, 0.15) is 5.82 Å². The van der Waals surface area contributed by atoms with Crippen LogP contribution in [0.4, 0.5) is 4.39 Å². The molecule has 128 valence electrons. The summed E-state index contributed by atoms with van der Waals surface area (Å²) in [5.41, 5.74) is 0.0710. The lowest BCUT2D eigenvalue weighted by atomic mass is 10.00. The lowest BCUT2D eigenvalue weighted by Crippen LogP contribution is -2.58. The number of halogens is 2. The van der Waals surface area contributed by atoms with Crippen molar-refractivity contribution in [1.82, 2.24) is 10.2 Å². The number of hydrogen-bond acceptors (Lipinski definition) is 3. The molecule has 1 aromatic rings. The number of amides is 1. The number of carbonyl (C=O) groups is 1. The van der Waals surface area contributed by atoms with Gasteiger partial charge in [-0.25, -0.2) is 4.39 Å². The second-order valence-electron chi connectivity index (χ2n) is 6.78. The van der Waals surface area contributed by atoms with Crippen molar-refractivity contribution in [2.45, 2.75) is 45.4 Å². The highest BCUT2D eigenvalue weighted by atomic mass is 35.5. The van der Waals surface area contributed by atoms with Crippen LogP contribution in [0, 0.1) is 5.82 Å². The van der Waals surface area contributed by atoms with Crippen molar-refractivity contribution < 1.29 is 13.9 Å². The van der Waals surface area contributed by atoms with E-state index in [0.717, 1.165) is 19.2 Å². The van der Waals surface area contributed by atoms with E-state index in [2.05, 4.69) is 37.9 Å². The van der Waals surface area contributed by atoms with Gasteiger partial charge in [-0.15, -0.1) is 0 Å². The minimum atomic E-state index is -0.455. The number of carbonyl (C=O) groups excluding carboxylic acids is 1. The summed E-state index contributed by atoms with van der Waals surface area (Å²) in [5.74, 6) is -0.749. The zero-order chi connectivity index (χ0) is 17.2. The van der Waals surface area contributed by atoms with E-state index >= 15 is 0 Å². The van der Waals surface area contributed by atoms with Crippen molar-refractivity contribution in [1.29, 1.82) is 0 Å². The van der Waals surface area contributed by atoms with Gasteiger partial charge < -0.3 is 10.1 Å². The predicted octanol–water partition coefficient (Wildman–Crippen LogP) is 3.10. The minimum Gasteiger partial charge on any atom is -0.373 e. The second kappa shape index (κ2) is 7.16. The van der Waals surface area contributed by atoms with E-state index in [-0.39, 0.29) is 34.2 Å². The van der Waals surface area contributed by atoms with Gasteiger partial charge in [0.05, 0.1) is 22.8 Å². The number of hydrogen-bond donors (Lipinski definition) is 1. The van der Waals surface area contributed by atoms with Gasteiger partial charge in [0, 0.05) is 25.2 Å². The van der Waals surface area contributed by atoms with Crippen LogP contribution in [0.25, 0.3) is 0 Å². The molecule has 0 aliphatic carbocycles. The molecule has 1 aliphatic heterocycles. The third-order valence-corrected chi connectivity index (χ3v) is 4.45. The Morgan fingerprint density at radius 1 is 1.39 bits per heavy atom. The molecular formula is C17H24ClFN2O2. The van der Waals surface area contributed by atoms with Gasteiger partial charge in [-0.2, -0.15) is 0 Å². The van der Waals surface area contributed by atoms with Crippen LogP contribution >= 0.6 is 11.6 Å². The first-order chi connectivity index (χ1) is 10.7. The van der Waals surface area contributed by atoms with Gasteiger partial charge in [-0.3, -0.25) is 9.69 Å². The number of morpholine rings is 1. The van der Waals surface area contributed by atoms with Crippen LogP contribution in [0.15, 0.2) is 18.2 Å². The third kappa shape index (κ3) is 4.66. The lowest BCUT2D eigenvalue weighted by molar-refractivity contribution is -0.0948. The molecule has 0 unspecified atom stereocenters. The Balaban J connectivity index is 1.99. The molecule has 1 N–H and O–H groups in total. The Kier molecular flexibility index (Phi) is 5.65. The zero-order valence-electron chi connectivity index (χ0n) is 14.0. The molecule has 0 spiro atoms. The van der Waals surface area contributed by atoms with Crippen molar-refractivity contribution in [3.63, 3.8) is 0 Å². The maximum absolute atomic E-state index is 13.1. The number of nitrogens with zero attached hydrogens (tertiary/aromatic N) is 1. The molecule has 0 bridgehead atoms. The van der Waals surface area contributed by atoms with Crippen LogP contribution in [-0.2, 0) is 4.74 Å². The Morgan fingerprint density at radius 3 is 2.57 bits per heavy atom. The van der Waals surface area contributed by atoms with Gasteiger partial charge in [0.2, 0.25) is 0 Å². The quantitative estimate of drug-likeness (QED) is 0.914. The van der Waals surface area contributed by atoms with E-state index in [1.807, 2.05) is 0 Å². The van der Waals surface area contributed by atoms with E-state index in [0.29, 0.717) is 6.54 Å². The first-order valence-electron chi connectivity index (χ1n) is 7.83. The molecule has 23 heavy (non-hydrogen) atoms. The average molecular weight is 343 g/mol. The summed E-state index contributed by atoms with van der Waals surface area (Å²) in [7, 11) is 0. The van der Waals surface area contributed by atoms with Crippen LogP contribution in [0.2, 0.25) is 5.02 Å². The van der Waals surface area contributed by atoms with Gasteiger partial charge in [0.25, 0.3) is 5.91 Å². The fourth-order valence-electron chi connectivity index (χ4n) is 2.85. The van der Waals surface area contributed by atoms with E-state index in [1.54, 1.807) is 0 Å². The molecule has 1 aromatic carbocycles. The Bertz CT molecular complexity index is 570. The molecule has 2 rings (SSSR count). The SMILES string of the molecule is C[C@@H]1CN(C(C)(C)CNC(=O)c2ccc(F)cc2Cl)C[C@@H](C)O1. The molecule has 2 atom stereocenters. The third-order valence-electron chi connectivity index (χ3n) is 4.13. The van der Waals surface area contributed by atoms with Crippen molar-refractivity contribution in [3.05, 3.63) is 34.6 Å². The Hall–Kier alpha value is -1.17. The fraction of sp³-hybridized carbons (Fsp3) is 0.588. The summed E-state index contributed by atoms with van der Waals surface area (Å²) in [4.78, 5) is 14.6. The number of ether oxygens (including phenoxy) is 1. The van der Waals surface area contributed by atoms with Gasteiger partial charge in [0.15, 0.2) is 0 Å². The first kappa shape index (κ1) is 18.2. The second-order valence-corrected chi connectivity index (χ2v) is 7.19. The highest BCUT2D eigenvalue weighted by Crippen LogP contribution is 2.21. The predicted molar refractivity (Wildman–Crippen MR) is 89.4 cm³/mol. The summed E-state index contributed by atoms with van der Waals surface area (Å²) in [5, 5.41) is 3.02. The molecule has 0 saturated carbocycles. The van der Waals surface area contributed by atoms with Gasteiger partial charge in [-0.1, -0.05) is 11.6 Å². The first-order valence-corrected chi connectivity index (χ1v) is 8.20. The van der Waals surface area contributed by atoms with Crippen molar-refractivity contribution >= 4 is 17.5 Å². The maximum atomic E-state index is 13.1. The van der Waals surface area contributed by atoms with Crippen molar-refractivity contribution in [2.75, 3.05) is 19.6 Å². The molecule has 4 nitrogen and oxygen atoms in total. The summed E-state index contributed by atoms with van der Waals surface area (Å²) >= 11 is 5.93. The number of rotatable bonds is 4. The van der Waals surface area contributed by atoms with Crippen LogP contribution in [0.1, 0.15) is 38.1 Å². The standard InChI is InChI=1S/C17H24ClFN2O2/c1-11-8-21(9-12(2)23-11)17(3,4)10-20-16(22)14-6-5-13(19)7-15(14)18/h5-7,11-12H,8-10H2,1-4H3,(H,20,22)/t11-,12-/m1/s1. The highest BCUT2D eigenvalue weighted by Gasteiger charge is 2.33. The summed E-state index contributed by atoms with van der Waals surface area (Å²) in [6.07, 6.45) is 0.334. The largest absolute Gasteiger partial charge is 0.373 e. The fourth-order valence-corrected chi connectivity index (χ4v) is 3.10. The Labute approximate surface area is 141 Å². The molecule has 0 radical (unpaired) electrons. The van der Waals surface area contributed by atoms with Crippen molar-refractivity contribution in [3.8, 4) is 0 Å². The topological polar surface area (TPSA) is 41.6 Å². The highest BCUT2D eigenvalue weighted by molar-refractivity contribution is 6.33. The summed E-state index contributed by atoms with van der Waals surface area (Å²) in [6.45, 7) is 10.4. The van der Waals surface area contributed by atoms with Crippen LogP contribution in [0.3, 0.4) is 0 Å². The molecule has 1 amide bonds. The average Bonchev–Trinajstić information content (AvgIpc) is 2.44. The maximum Gasteiger partial charge on any atom is 0.252 e. The lowest BCUT2D eigenvalue weighted by Gasteiger charge is -2.45. The van der Waals surface area contributed by atoms with E-state index in [1.165, 1.54) is 12.1 Å². The van der Waals surface area contributed by atoms with Crippen LogP contribution in [-0.4, -0.2) is 48.2 Å². The van der Waals surface area contributed by atoms with Gasteiger partial charge in [-0.05, 0) is 45.9 Å². The molecule has 1 saturated heterocycles. The minimum absolute atomic E-state index is 0.119. The normalized spacial score (nSPS) is 22.9. The number of benzene rings is 1. The summed E-state index contributed by atoms with van der Waals surface area (Å²) < 4.78 is 18.8. The molecule has 0 aromatic heterocycles. The van der Waals surface area contributed by atoms with Gasteiger partial charge >= 0.3 is 0 Å². The van der Waals surface area contributed by atoms with E-state index < -0.39 is 5.82 Å². The Morgan fingerprint density at radius 2 is 2.00 bits per heavy atom. The molecule has 1 fully saturated rings. The smallest absolute Gasteiger partial charge is 0.252 e. The molecular weight excluding hydrogens is 319 g/mol. The van der Waals surface area contributed by atoms with E-state index in [9.17, 15) is 9.18 Å². The van der Waals surface area contributed by atoms with E-state index in [4.69, 9.17) is 16.3 Å². The van der Waals surface area contributed by atoms with Crippen LogP contribution < -0.4 is 5.32 Å². The monoisotopic (exact) mass is 342 g/mol. The summed E-state index contributed by atoms with van der Waals surface area (Å²) in [6, 6.07) is 3.78. The van der Waals surface area contributed by atoms with Crippen LogP contribution in [0.5, 0.6) is 0 Å².